The Morgan fingerprint density at radius 3 is 2.82 bits per heavy atom. The number of carbonyl (C=O) groups is 1. The Labute approximate surface area is 68.7 Å². The Bertz CT molecular complexity index is 130. The van der Waals surface area contributed by atoms with Gasteiger partial charge in [0.15, 0.2) is 5.78 Å². The van der Waals surface area contributed by atoms with Crippen LogP contribution in [0.25, 0.3) is 0 Å². The Morgan fingerprint density at radius 1 is 1.55 bits per heavy atom. The van der Waals surface area contributed by atoms with Gasteiger partial charge in [0, 0.05) is 6.54 Å². The highest BCUT2D eigenvalue weighted by Gasteiger charge is 1.83. The highest BCUT2D eigenvalue weighted by atomic mass is 16.1. The molecule has 0 aromatic carbocycles. The summed E-state index contributed by atoms with van der Waals surface area (Å²) in [6, 6.07) is 0. The number of nitrogens with one attached hydrogen (secondary N) is 1. The number of allylic oxidation sites excluding steroid dienone is 1. The molecule has 0 amide bonds. The number of hydrogen-bond donors (Lipinski definition) is 1. The van der Waals surface area contributed by atoms with Crippen molar-refractivity contribution in [2.24, 2.45) is 0 Å². The molecule has 0 rings (SSSR count). The third kappa shape index (κ3) is 9.37. The molecule has 0 aliphatic carbocycles. The second-order valence-electron chi connectivity index (χ2n) is 2.57. The lowest BCUT2D eigenvalue weighted by atomic mass is 10.3. The summed E-state index contributed by atoms with van der Waals surface area (Å²) in [4.78, 5) is 10.4. The number of ketones is 1. The van der Waals surface area contributed by atoms with Crippen molar-refractivity contribution in [2.75, 3.05) is 13.1 Å². The normalized spacial score (nSPS) is 10.7. The van der Waals surface area contributed by atoms with E-state index in [0.29, 0.717) is 0 Å². The summed E-state index contributed by atoms with van der Waals surface area (Å²) >= 11 is 0. The fraction of sp³-hybridized carbons (Fsp3) is 0.667. The molecule has 0 saturated heterocycles. The summed E-state index contributed by atoms with van der Waals surface area (Å²) in [6.07, 6.45) is 5.87. The first-order valence-corrected chi connectivity index (χ1v) is 4.15. The van der Waals surface area contributed by atoms with Gasteiger partial charge in [-0.3, -0.25) is 4.79 Å². The zero-order valence-electron chi connectivity index (χ0n) is 7.39. The largest absolute Gasteiger partial charge is 0.313 e. The van der Waals surface area contributed by atoms with Gasteiger partial charge in [-0.05, 0) is 26.0 Å². The first-order valence-electron chi connectivity index (χ1n) is 4.15. The molecule has 2 heteroatoms. The minimum atomic E-state index is 0.113. The minimum absolute atomic E-state index is 0.113. The molecule has 2 nitrogen and oxygen atoms in total. The van der Waals surface area contributed by atoms with E-state index in [4.69, 9.17) is 0 Å². The highest BCUT2D eigenvalue weighted by molar-refractivity contribution is 5.87. The van der Waals surface area contributed by atoms with Gasteiger partial charge in [0.1, 0.15) is 0 Å². The van der Waals surface area contributed by atoms with Gasteiger partial charge in [-0.15, -0.1) is 0 Å². The molecule has 0 fully saturated rings. The smallest absolute Gasteiger partial charge is 0.152 e. The molecule has 0 saturated carbocycles. The van der Waals surface area contributed by atoms with Crippen molar-refractivity contribution in [1.29, 1.82) is 0 Å². The molecular formula is C9H17NO. The molecule has 0 aromatic rings. The number of hydrogen-bond acceptors (Lipinski definition) is 2. The molecule has 0 heterocycles. The monoisotopic (exact) mass is 155 g/mol. The quantitative estimate of drug-likeness (QED) is 0.465. The van der Waals surface area contributed by atoms with E-state index in [0.717, 1.165) is 13.1 Å². The zero-order chi connectivity index (χ0) is 8.53. The maximum atomic E-state index is 10.4. The predicted octanol–water partition coefficient (Wildman–Crippen LogP) is 1.52. The summed E-state index contributed by atoms with van der Waals surface area (Å²) in [5.74, 6) is 0.113. The van der Waals surface area contributed by atoms with E-state index in [-0.39, 0.29) is 5.78 Å². The van der Waals surface area contributed by atoms with Crippen LogP contribution < -0.4 is 5.32 Å². The predicted molar refractivity (Wildman–Crippen MR) is 47.6 cm³/mol. The number of rotatable bonds is 6. The Morgan fingerprint density at radius 2 is 2.27 bits per heavy atom. The van der Waals surface area contributed by atoms with Crippen LogP contribution in [0.3, 0.4) is 0 Å². The first kappa shape index (κ1) is 10.4. The van der Waals surface area contributed by atoms with Crippen molar-refractivity contribution in [1.82, 2.24) is 5.32 Å². The van der Waals surface area contributed by atoms with E-state index in [1.54, 1.807) is 13.0 Å². The van der Waals surface area contributed by atoms with Crippen molar-refractivity contribution in [3.8, 4) is 0 Å². The summed E-state index contributed by atoms with van der Waals surface area (Å²) in [5.41, 5.74) is 0. The SMILES string of the molecule is CCCCNCC=CC(C)=O. The maximum absolute atomic E-state index is 10.4. The van der Waals surface area contributed by atoms with E-state index in [1.807, 2.05) is 6.08 Å². The second-order valence-corrected chi connectivity index (χ2v) is 2.57. The lowest BCUT2D eigenvalue weighted by molar-refractivity contribution is -0.112. The van der Waals surface area contributed by atoms with Crippen LogP contribution in [-0.4, -0.2) is 18.9 Å². The molecule has 0 spiro atoms. The van der Waals surface area contributed by atoms with E-state index in [9.17, 15) is 4.79 Å². The van der Waals surface area contributed by atoms with Crippen LogP contribution in [0.5, 0.6) is 0 Å². The van der Waals surface area contributed by atoms with Crippen LogP contribution in [0.1, 0.15) is 26.7 Å². The van der Waals surface area contributed by atoms with Crippen LogP contribution in [0.4, 0.5) is 0 Å². The Kier molecular flexibility index (Phi) is 7.05. The molecule has 0 atom stereocenters. The average molecular weight is 155 g/mol. The van der Waals surface area contributed by atoms with E-state index in [1.165, 1.54) is 12.8 Å². The maximum Gasteiger partial charge on any atom is 0.152 e. The van der Waals surface area contributed by atoms with Crippen LogP contribution in [0, 0.1) is 0 Å². The van der Waals surface area contributed by atoms with Gasteiger partial charge in [0.2, 0.25) is 0 Å². The van der Waals surface area contributed by atoms with Gasteiger partial charge in [-0.25, -0.2) is 0 Å². The summed E-state index contributed by atoms with van der Waals surface area (Å²) < 4.78 is 0. The van der Waals surface area contributed by atoms with Gasteiger partial charge < -0.3 is 5.32 Å². The standard InChI is InChI=1S/C9H17NO/c1-3-4-7-10-8-5-6-9(2)11/h5-6,10H,3-4,7-8H2,1-2H3. The van der Waals surface area contributed by atoms with Crippen LogP contribution in [0.15, 0.2) is 12.2 Å². The molecule has 1 N–H and O–H groups in total. The van der Waals surface area contributed by atoms with Gasteiger partial charge in [0.25, 0.3) is 0 Å². The van der Waals surface area contributed by atoms with Crippen LogP contribution in [-0.2, 0) is 4.79 Å². The van der Waals surface area contributed by atoms with E-state index >= 15 is 0 Å². The first-order chi connectivity index (χ1) is 5.27. The van der Waals surface area contributed by atoms with Crippen molar-refractivity contribution in [3.05, 3.63) is 12.2 Å². The molecule has 0 aliphatic heterocycles. The molecule has 0 unspecified atom stereocenters. The zero-order valence-corrected chi connectivity index (χ0v) is 7.39. The van der Waals surface area contributed by atoms with Crippen LogP contribution in [0.2, 0.25) is 0 Å². The van der Waals surface area contributed by atoms with Crippen LogP contribution >= 0.6 is 0 Å². The third-order valence-corrected chi connectivity index (χ3v) is 1.32. The lowest BCUT2D eigenvalue weighted by Gasteiger charge is -1.97. The van der Waals surface area contributed by atoms with E-state index < -0.39 is 0 Å². The van der Waals surface area contributed by atoms with Crippen molar-refractivity contribution in [3.63, 3.8) is 0 Å². The number of carbonyl (C=O) groups excluding carboxylic acids is 1. The van der Waals surface area contributed by atoms with Gasteiger partial charge >= 0.3 is 0 Å². The third-order valence-electron chi connectivity index (χ3n) is 1.32. The minimum Gasteiger partial charge on any atom is -0.313 e. The summed E-state index contributed by atoms with van der Waals surface area (Å²) in [7, 11) is 0. The van der Waals surface area contributed by atoms with E-state index in [2.05, 4.69) is 12.2 Å². The Balaban J connectivity index is 3.07. The molecule has 64 valence electrons. The summed E-state index contributed by atoms with van der Waals surface area (Å²) in [6.45, 7) is 5.56. The topological polar surface area (TPSA) is 29.1 Å². The molecule has 11 heavy (non-hydrogen) atoms. The molecular weight excluding hydrogens is 138 g/mol. The molecule has 0 radical (unpaired) electrons. The van der Waals surface area contributed by atoms with Crippen molar-refractivity contribution >= 4 is 5.78 Å². The number of unbranched alkanes of at least 4 members (excludes halogenated alkanes) is 1. The van der Waals surface area contributed by atoms with Gasteiger partial charge in [-0.1, -0.05) is 19.4 Å². The molecule has 0 aromatic heterocycles. The fourth-order valence-electron chi connectivity index (χ4n) is 0.712. The van der Waals surface area contributed by atoms with Gasteiger partial charge in [-0.2, -0.15) is 0 Å². The highest BCUT2D eigenvalue weighted by Crippen LogP contribution is 1.81. The molecule has 0 aliphatic rings. The molecule has 0 bridgehead atoms. The average Bonchev–Trinajstić information content (AvgIpc) is 1.96. The lowest BCUT2D eigenvalue weighted by Crippen LogP contribution is -2.14. The van der Waals surface area contributed by atoms with Gasteiger partial charge in [0.05, 0.1) is 0 Å². The fourth-order valence-corrected chi connectivity index (χ4v) is 0.712. The Hall–Kier alpha value is -0.630. The second kappa shape index (κ2) is 7.48. The van der Waals surface area contributed by atoms with Crippen molar-refractivity contribution in [2.45, 2.75) is 26.7 Å². The van der Waals surface area contributed by atoms with Crippen molar-refractivity contribution < 1.29 is 4.79 Å². The summed E-state index contributed by atoms with van der Waals surface area (Å²) in [5, 5.41) is 3.20.